The topological polar surface area (TPSA) is 112 Å². The van der Waals surface area contributed by atoms with Crippen molar-refractivity contribution >= 4 is 17.3 Å². The molecule has 6 nitrogen and oxygen atoms in total. The van der Waals surface area contributed by atoms with Crippen LogP contribution in [0, 0.1) is 0 Å². The van der Waals surface area contributed by atoms with Crippen molar-refractivity contribution in [3.8, 4) is 0 Å². The molecule has 0 aliphatic rings. The minimum absolute atomic E-state index is 0. The van der Waals surface area contributed by atoms with Crippen LogP contribution in [-0.2, 0) is 35.4 Å². The van der Waals surface area contributed by atoms with Crippen molar-refractivity contribution in [2.75, 3.05) is 0 Å². The number of ketones is 3. The maximum atomic E-state index is 10.0. The van der Waals surface area contributed by atoms with Crippen molar-refractivity contribution in [3.63, 3.8) is 0 Å². The predicted octanol–water partition coefficient (Wildman–Crippen LogP) is 3.11. The van der Waals surface area contributed by atoms with E-state index in [1.807, 2.05) is 0 Å². The van der Waals surface area contributed by atoms with Gasteiger partial charge in [-0.15, -0.1) is 0 Å². The van der Waals surface area contributed by atoms with Crippen LogP contribution in [0.5, 0.6) is 0 Å². The first-order chi connectivity index (χ1) is 9.38. The largest absolute Gasteiger partial charge is 0.512 e. The molecule has 0 aliphatic heterocycles. The summed E-state index contributed by atoms with van der Waals surface area (Å²) < 4.78 is 0. The van der Waals surface area contributed by atoms with Crippen LogP contribution >= 0.6 is 0 Å². The second-order valence-electron chi connectivity index (χ2n) is 4.19. The predicted molar refractivity (Wildman–Crippen MR) is 81.2 cm³/mol. The molecule has 126 valence electrons. The Morgan fingerprint density at radius 2 is 0.682 bits per heavy atom. The standard InChI is InChI=1S/3C5H8O2.Mo/c3*1-4(6)3-5(2)7;/h3*3,6H,1-2H3;/b3*4-3-;. The van der Waals surface area contributed by atoms with Crippen LogP contribution in [0.1, 0.15) is 41.5 Å². The fourth-order valence-electron chi connectivity index (χ4n) is 0.882. The number of carbonyl (C=O) groups is 3. The summed E-state index contributed by atoms with van der Waals surface area (Å²) in [6.07, 6.45) is 3.50. The number of carbonyl (C=O) groups excluding carboxylic acids is 3. The van der Waals surface area contributed by atoms with Crippen LogP contribution in [0.15, 0.2) is 35.5 Å². The summed E-state index contributed by atoms with van der Waals surface area (Å²) in [6, 6.07) is 0. The number of allylic oxidation sites excluding steroid dienone is 6. The molecule has 7 heteroatoms. The molecule has 0 unspecified atom stereocenters. The molecular formula is C15H24MoO6. The van der Waals surface area contributed by atoms with Gasteiger partial charge in [0, 0.05) is 39.3 Å². The molecule has 0 amide bonds. The quantitative estimate of drug-likeness (QED) is 0.384. The Morgan fingerprint density at radius 3 is 0.682 bits per heavy atom. The van der Waals surface area contributed by atoms with E-state index >= 15 is 0 Å². The molecule has 0 rings (SSSR count). The normalized spacial score (nSPS) is 10.9. The Morgan fingerprint density at radius 1 is 0.545 bits per heavy atom. The molecule has 0 spiro atoms. The summed E-state index contributed by atoms with van der Waals surface area (Å²) in [5.74, 6) is -0.187. The molecule has 3 N–H and O–H groups in total. The molecule has 0 bridgehead atoms. The smallest absolute Gasteiger partial charge is 0.155 e. The molecule has 0 fully saturated rings. The van der Waals surface area contributed by atoms with E-state index in [0.29, 0.717) is 0 Å². The van der Waals surface area contributed by atoms with Crippen LogP contribution in [0.2, 0.25) is 0 Å². The van der Waals surface area contributed by atoms with E-state index in [1.54, 1.807) is 0 Å². The monoisotopic (exact) mass is 398 g/mol. The Balaban J connectivity index is -0.000000108. The SMILES string of the molecule is CC(=O)/C=C(/C)O.CC(=O)/C=C(/C)O.CC(=O)/C=C(/C)O.[Mo]. The molecule has 0 saturated carbocycles. The number of hydrogen-bond acceptors (Lipinski definition) is 6. The van der Waals surface area contributed by atoms with E-state index < -0.39 is 0 Å². The molecule has 0 aromatic carbocycles. The molecular weight excluding hydrogens is 372 g/mol. The average molecular weight is 396 g/mol. The third-order valence-electron chi connectivity index (χ3n) is 1.24. The van der Waals surface area contributed by atoms with Gasteiger partial charge in [-0.25, -0.2) is 0 Å². The van der Waals surface area contributed by atoms with E-state index in [1.165, 1.54) is 59.8 Å². The second kappa shape index (κ2) is 17.4. The Labute approximate surface area is 145 Å². The summed E-state index contributed by atoms with van der Waals surface area (Å²) in [5.41, 5.74) is 0. The summed E-state index contributed by atoms with van der Waals surface area (Å²) in [6.45, 7) is 8.54. The molecule has 0 heterocycles. The third kappa shape index (κ3) is 51.6. The molecule has 0 aromatic heterocycles. The van der Waals surface area contributed by atoms with Crippen molar-refractivity contribution in [1.29, 1.82) is 0 Å². The Hall–Kier alpha value is -1.68. The fraction of sp³-hybridized carbons (Fsp3) is 0.400. The fourth-order valence-corrected chi connectivity index (χ4v) is 0.882. The van der Waals surface area contributed by atoms with Crippen LogP contribution in [-0.4, -0.2) is 32.7 Å². The first-order valence-electron chi connectivity index (χ1n) is 6.02. The number of aliphatic hydroxyl groups excluding tert-OH is 3. The van der Waals surface area contributed by atoms with Crippen LogP contribution in [0.4, 0.5) is 0 Å². The molecule has 0 atom stereocenters. The average Bonchev–Trinajstić information content (AvgIpc) is 2.10. The van der Waals surface area contributed by atoms with Gasteiger partial charge in [-0.3, -0.25) is 14.4 Å². The zero-order valence-electron chi connectivity index (χ0n) is 13.7. The summed E-state index contributed by atoms with van der Waals surface area (Å²) in [4.78, 5) is 30.1. The molecule has 22 heavy (non-hydrogen) atoms. The van der Waals surface area contributed by atoms with Crippen molar-refractivity contribution in [3.05, 3.63) is 35.5 Å². The molecule has 0 saturated heterocycles. The van der Waals surface area contributed by atoms with Gasteiger partial charge in [-0.1, -0.05) is 0 Å². The van der Waals surface area contributed by atoms with Gasteiger partial charge in [0.2, 0.25) is 0 Å². The van der Waals surface area contributed by atoms with Gasteiger partial charge in [0.25, 0.3) is 0 Å². The maximum Gasteiger partial charge on any atom is 0.155 e. The van der Waals surface area contributed by atoms with E-state index in [2.05, 4.69) is 0 Å². The van der Waals surface area contributed by atoms with Crippen molar-refractivity contribution in [2.45, 2.75) is 41.5 Å². The summed E-state index contributed by atoms with van der Waals surface area (Å²) >= 11 is 0. The van der Waals surface area contributed by atoms with Gasteiger partial charge in [0.05, 0.1) is 17.3 Å². The second-order valence-corrected chi connectivity index (χ2v) is 4.19. The van der Waals surface area contributed by atoms with Gasteiger partial charge < -0.3 is 15.3 Å². The minimum Gasteiger partial charge on any atom is -0.512 e. The zero-order valence-corrected chi connectivity index (χ0v) is 15.7. The zero-order chi connectivity index (χ0) is 17.6. The van der Waals surface area contributed by atoms with Crippen LogP contribution in [0.25, 0.3) is 0 Å². The van der Waals surface area contributed by atoms with E-state index in [0.717, 1.165) is 0 Å². The van der Waals surface area contributed by atoms with Gasteiger partial charge in [-0.05, 0) is 41.5 Å². The Bertz CT molecular complexity index is 368. The van der Waals surface area contributed by atoms with Gasteiger partial charge in [0.1, 0.15) is 0 Å². The summed E-state index contributed by atoms with van der Waals surface area (Å²) in [5, 5.41) is 25.1. The maximum absolute atomic E-state index is 10.0. The van der Waals surface area contributed by atoms with Gasteiger partial charge in [0.15, 0.2) is 17.3 Å². The molecule has 0 radical (unpaired) electrons. The van der Waals surface area contributed by atoms with Crippen LogP contribution < -0.4 is 0 Å². The minimum atomic E-state index is -0.125. The third-order valence-corrected chi connectivity index (χ3v) is 1.24. The van der Waals surface area contributed by atoms with Crippen molar-refractivity contribution in [1.82, 2.24) is 0 Å². The number of aliphatic hydroxyl groups is 3. The number of rotatable bonds is 3. The van der Waals surface area contributed by atoms with Gasteiger partial charge in [-0.2, -0.15) is 0 Å². The molecule has 0 aromatic rings. The van der Waals surface area contributed by atoms with E-state index in [4.69, 9.17) is 15.3 Å². The first-order valence-corrected chi connectivity index (χ1v) is 6.02. The Kier molecular flexibility index (Phi) is 22.5. The first kappa shape index (κ1) is 28.5. The van der Waals surface area contributed by atoms with Crippen molar-refractivity contribution in [2.24, 2.45) is 0 Å². The number of hydrogen-bond donors (Lipinski definition) is 3. The van der Waals surface area contributed by atoms with Gasteiger partial charge >= 0.3 is 0 Å². The molecule has 0 aliphatic carbocycles. The van der Waals surface area contributed by atoms with E-state index in [9.17, 15) is 14.4 Å². The summed E-state index contributed by atoms with van der Waals surface area (Å²) in [7, 11) is 0. The van der Waals surface area contributed by atoms with E-state index in [-0.39, 0.29) is 55.7 Å². The van der Waals surface area contributed by atoms with Crippen LogP contribution in [0.3, 0.4) is 0 Å². The van der Waals surface area contributed by atoms with Crippen molar-refractivity contribution < 1.29 is 50.8 Å².